The van der Waals surface area contributed by atoms with E-state index in [9.17, 15) is 14.0 Å². The molecule has 6 nitrogen and oxygen atoms in total. The van der Waals surface area contributed by atoms with Gasteiger partial charge in [0.1, 0.15) is 5.82 Å². The van der Waals surface area contributed by atoms with Crippen LogP contribution in [0.15, 0.2) is 24.3 Å². The van der Waals surface area contributed by atoms with Gasteiger partial charge < -0.3 is 15.5 Å². The summed E-state index contributed by atoms with van der Waals surface area (Å²) in [7, 11) is 0. The predicted molar refractivity (Wildman–Crippen MR) is 93.6 cm³/mol. The molecule has 2 heterocycles. The Morgan fingerprint density at radius 1 is 1.08 bits per heavy atom. The molecule has 2 N–H and O–H groups in total. The van der Waals surface area contributed by atoms with Crippen LogP contribution in [0.2, 0.25) is 0 Å². The van der Waals surface area contributed by atoms with Crippen LogP contribution in [-0.4, -0.2) is 66.9 Å². The van der Waals surface area contributed by atoms with Gasteiger partial charge in [-0.1, -0.05) is 0 Å². The van der Waals surface area contributed by atoms with Crippen LogP contribution in [0, 0.1) is 5.82 Å². The number of halogens is 1. The van der Waals surface area contributed by atoms with Gasteiger partial charge in [-0.15, -0.1) is 0 Å². The van der Waals surface area contributed by atoms with E-state index in [-0.39, 0.29) is 23.7 Å². The van der Waals surface area contributed by atoms with Crippen LogP contribution in [0.1, 0.15) is 19.3 Å². The summed E-state index contributed by atoms with van der Waals surface area (Å²) in [6.45, 7) is 4.23. The molecule has 1 unspecified atom stereocenters. The Hall–Kier alpha value is -2.15. The van der Waals surface area contributed by atoms with Gasteiger partial charge in [-0.05, 0) is 43.7 Å². The van der Waals surface area contributed by atoms with Gasteiger partial charge in [0.2, 0.25) is 11.8 Å². The lowest BCUT2D eigenvalue weighted by Gasteiger charge is -2.36. The zero-order valence-electron chi connectivity index (χ0n) is 14.4. The minimum absolute atomic E-state index is 0.119. The van der Waals surface area contributed by atoms with Gasteiger partial charge in [0, 0.05) is 44.8 Å². The molecule has 1 aromatic carbocycles. The average Bonchev–Trinajstić information content (AvgIpc) is 3.09. The minimum Gasteiger partial charge on any atom is -0.368 e. The van der Waals surface area contributed by atoms with Crippen molar-refractivity contribution < 1.29 is 14.0 Å². The number of rotatable bonds is 5. The maximum Gasteiger partial charge on any atom is 0.234 e. The molecule has 0 bridgehead atoms. The lowest BCUT2D eigenvalue weighted by Crippen LogP contribution is -2.49. The standard InChI is InChI=1S/C18H25FN4O2/c19-14-3-5-15(6-4-14)21-10-12-23(13-11-21)17(24)7-9-22-8-1-2-16(22)18(20)25/h3-6,16H,1-2,7-13H2,(H2,20,25). The molecule has 2 fully saturated rings. The van der Waals surface area contributed by atoms with Crippen molar-refractivity contribution in [2.45, 2.75) is 25.3 Å². The number of carbonyl (C=O) groups is 2. The van der Waals surface area contributed by atoms with E-state index >= 15 is 0 Å². The minimum atomic E-state index is -0.294. The summed E-state index contributed by atoms with van der Waals surface area (Å²) in [6, 6.07) is 6.23. The molecule has 0 aromatic heterocycles. The Morgan fingerprint density at radius 2 is 1.76 bits per heavy atom. The van der Waals surface area contributed by atoms with Gasteiger partial charge >= 0.3 is 0 Å². The van der Waals surface area contributed by atoms with Crippen molar-refractivity contribution in [3.8, 4) is 0 Å². The summed E-state index contributed by atoms with van der Waals surface area (Å²) in [4.78, 5) is 29.9. The summed E-state index contributed by atoms with van der Waals surface area (Å²) < 4.78 is 13.0. The highest BCUT2D eigenvalue weighted by atomic mass is 19.1. The predicted octanol–water partition coefficient (Wildman–Crippen LogP) is 0.814. The summed E-state index contributed by atoms with van der Waals surface area (Å²) in [5.41, 5.74) is 6.39. The van der Waals surface area contributed by atoms with E-state index in [1.807, 2.05) is 9.80 Å². The van der Waals surface area contributed by atoms with Crippen molar-refractivity contribution >= 4 is 17.5 Å². The Kier molecular flexibility index (Phi) is 5.53. The zero-order chi connectivity index (χ0) is 17.8. The zero-order valence-corrected chi connectivity index (χ0v) is 14.4. The lowest BCUT2D eigenvalue weighted by molar-refractivity contribution is -0.132. The topological polar surface area (TPSA) is 69.9 Å². The Balaban J connectivity index is 1.45. The molecule has 2 aliphatic heterocycles. The molecule has 0 aliphatic carbocycles. The van der Waals surface area contributed by atoms with Crippen molar-refractivity contribution in [2.24, 2.45) is 5.73 Å². The first kappa shape index (κ1) is 17.7. The van der Waals surface area contributed by atoms with Crippen LogP contribution in [-0.2, 0) is 9.59 Å². The van der Waals surface area contributed by atoms with Crippen molar-refractivity contribution in [2.75, 3.05) is 44.2 Å². The number of anilines is 1. The Bertz CT molecular complexity index is 614. The molecule has 3 rings (SSSR count). The van der Waals surface area contributed by atoms with Gasteiger partial charge in [0.25, 0.3) is 0 Å². The number of carbonyl (C=O) groups excluding carboxylic acids is 2. The lowest BCUT2D eigenvalue weighted by atomic mass is 10.2. The third kappa shape index (κ3) is 4.28. The molecule has 2 amide bonds. The van der Waals surface area contributed by atoms with Crippen LogP contribution in [0.5, 0.6) is 0 Å². The Morgan fingerprint density at radius 3 is 2.40 bits per heavy atom. The van der Waals surface area contributed by atoms with E-state index in [4.69, 9.17) is 5.73 Å². The van der Waals surface area contributed by atoms with E-state index in [2.05, 4.69) is 4.90 Å². The first-order chi connectivity index (χ1) is 12.0. The van der Waals surface area contributed by atoms with Crippen LogP contribution in [0.25, 0.3) is 0 Å². The number of amides is 2. The van der Waals surface area contributed by atoms with Gasteiger partial charge in [-0.25, -0.2) is 4.39 Å². The number of hydrogen-bond acceptors (Lipinski definition) is 4. The largest absolute Gasteiger partial charge is 0.368 e. The van der Waals surface area contributed by atoms with Gasteiger partial charge in [0.05, 0.1) is 6.04 Å². The fourth-order valence-electron chi connectivity index (χ4n) is 3.68. The summed E-state index contributed by atoms with van der Waals surface area (Å²) >= 11 is 0. The van der Waals surface area contributed by atoms with Gasteiger partial charge in [0.15, 0.2) is 0 Å². The average molecular weight is 348 g/mol. The highest BCUT2D eigenvalue weighted by Crippen LogP contribution is 2.19. The second-order valence-corrected chi connectivity index (χ2v) is 6.69. The molecular weight excluding hydrogens is 323 g/mol. The highest BCUT2D eigenvalue weighted by molar-refractivity contribution is 5.80. The van der Waals surface area contributed by atoms with E-state index in [1.165, 1.54) is 12.1 Å². The van der Waals surface area contributed by atoms with E-state index in [0.29, 0.717) is 26.1 Å². The fourth-order valence-corrected chi connectivity index (χ4v) is 3.68. The maximum atomic E-state index is 13.0. The van der Waals surface area contributed by atoms with Crippen molar-refractivity contribution in [3.05, 3.63) is 30.1 Å². The van der Waals surface area contributed by atoms with Gasteiger partial charge in [-0.2, -0.15) is 0 Å². The summed E-state index contributed by atoms with van der Waals surface area (Å²) in [5.74, 6) is -0.416. The highest BCUT2D eigenvalue weighted by Gasteiger charge is 2.29. The molecule has 0 saturated carbocycles. The van der Waals surface area contributed by atoms with Crippen molar-refractivity contribution in [3.63, 3.8) is 0 Å². The van der Waals surface area contributed by atoms with E-state index < -0.39 is 0 Å². The molecule has 1 aromatic rings. The quantitative estimate of drug-likeness (QED) is 0.855. The second-order valence-electron chi connectivity index (χ2n) is 6.69. The van der Waals surface area contributed by atoms with Crippen molar-refractivity contribution in [1.82, 2.24) is 9.80 Å². The van der Waals surface area contributed by atoms with E-state index in [1.54, 1.807) is 12.1 Å². The number of nitrogens with two attached hydrogens (primary N) is 1. The van der Waals surface area contributed by atoms with Gasteiger partial charge in [-0.3, -0.25) is 14.5 Å². The van der Waals surface area contributed by atoms with Crippen molar-refractivity contribution in [1.29, 1.82) is 0 Å². The van der Waals surface area contributed by atoms with Crippen LogP contribution in [0.3, 0.4) is 0 Å². The molecule has 1 atom stereocenters. The number of piperazine rings is 1. The molecule has 136 valence electrons. The summed E-state index contributed by atoms with van der Waals surface area (Å²) in [5, 5.41) is 0. The Labute approximate surface area is 147 Å². The molecule has 2 saturated heterocycles. The first-order valence-corrected chi connectivity index (χ1v) is 8.86. The number of benzene rings is 1. The molecule has 25 heavy (non-hydrogen) atoms. The number of hydrogen-bond donors (Lipinski definition) is 1. The number of nitrogens with zero attached hydrogens (tertiary/aromatic N) is 3. The molecular formula is C18H25FN4O2. The smallest absolute Gasteiger partial charge is 0.234 e. The monoisotopic (exact) mass is 348 g/mol. The van der Waals surface area contributed by atoms with Crippen LogP contribution in [0.4, 0.5) is 10.1 Å². The number of likely N-dealkylation sites (tertiary alicyclic amines) is 1. The SMILES string of the molecule is NC(=O)C1CCCN1CCC(=O)N1CCN(c2ccc(F)cc2)CC1. The first-order valence-electron chi connectivity index (χ1n) is 8.86. The molecule has 0 spiro atoms. The molecule has 2 aliphatic rings. The third-order valence-corrected chi connectivity index (χ3v) is 5.13. The summed E-state index contributed by atoms with van der Waals surface area (Å²) in [6.07, 6.45) is 2.17. The normalized spacial score (nSPS) is 21.6. The van der Waals surface area contributed by atoms with Crippen LogP contribution >= 0.6 is 0 Å². The molecule has 0 radical (unpaired) electrons. The number of primary amides is 1. The van der Waals surface area contributed by atoms with E-state index in [0.717, 1.165) is 38.2 Å². The fraction of sp³-hybridized carbons (Fsp3) is 0.556. The second kappa shape index (κ2) is 7.82. The van der Waals surface area contributed by atoms with Crippen LogP contribution < -0.4 is 10.6 Å². The maximum absolute atomic E-state index is 13.0. The molecule has 7 heteroatoms. The third-order valence-electron chi connectivity index (χ3n) is 5.13.